The van der Waals surface area contributed by atoms with E-state index < -0.39 is 35.4 Å². The molecule has 1 aromatic rings. The van der Waals surface area contributed by atoms with Crippen LogP contribution in [-0.4, -0.2) is 40.5 Å². The Kier molecular flexibility index (Phi) is 9.14. The lowest BCUT2D eigenvalue weighted by Gasteiger charge is -2.22. The van der Waals surface area contributed by atoms with E-state index in [9.17, 15) is 19.5 Å². The minimum atomic E-state index is -1.09. The highest BCUT2D eigenvalue weighted by atomic mass is 16.6. The predicted molar refractivity (Wildman–Crippen MR) is 113 cm³/mol. The van der Waals surface area contributed by atoms with Crippen LogP contribution in [0.1, 0.15) is 65.5 Å². The van der Waals surface area contributed by atoms with Gasteiger partial charge in [0.25, 0.3) is 0 Å². The number of hydrogen-bond donors (Lipinski definition) is 3. The number of alkyl carbamates (subject to hydrolysis) is 2. The van der Waals surface area contributed by atoms with Gasteiger partial charge in [-0.15, -0.1) is 0 Å². The van der Waals surface area contributed by atoms with Crippen LogP contribution < -0.4 is 10.6 Å². The number of carbonyl (C=O) groups excluding carboxylic acids is 2. The molecule has 1 atom stereocenters. The first kappa shape index (κ1) is 25.3. The van der Waals surface area contributed by atoms with Gasteiger partial charge >= 0.3 is 18.2 Å². The Morgan fingerprint density at radius 3 is 1.90 bits per heavy atom. The summed E-state index contributed by atoms with van der Waals surface area (Å²) in [6, 6.07) is 6.67. The van der Waals surface area contributed by atoms with Gasteiger partial charge in [-0.05, 0) is 71.9 Å². The van der Waals surface area contributed by atoms with Crippen molar-refractivity contribution in [1.82, 2.24) is 10.6 Å². The number of hydrogen-bond acceptors (Lipinski definition) is 5. The fourth-order valence-electron chi connectivity index (χ4n) is 2.53. The first-order chi connectivity index (χ1) is 13.7. The van der Waals surface area contributed by atoms with Crippen molar-refractivity contribution < 1.29 is 29.0 Å². The third-order valence-corrected chi connectivity index (χ3v) is 3.81. The number of carboxylic acids is 1. The Balaban J connectivity index is 2.45. The molecular weight excluding hydrogens is 388 g/mol. The Hall–Kier alpha value is -2.77. The number of rotatable bonds is 8. The van der Waals surface area contributed by atoms with E-state index in [-0.39, 0.29) is 6.42 Å². The lowest BCUT2D eigenvalue weighted by atomic mass is 10.0. The Bertz CT molecular complexity index is 717. The van der Waals surface area contributed by atoms with Gasteiger partial charge in [-0.25, -0.2) is 14.4 Å². The number of nitrogens with one attached hydrogen (secondary N) is 2. The number of carbonyl (C=O) groups is 3. The molecule has 0 aromatic heterocycles. The van der Waals surface area contributed by atoms with E-state index in [1.807, 2.05) is 24.3 Å². The minimum absolute atomic E-state index is 0.288. The predicted octanol–water partition coefficient (Wildman–Crippen LogP) is 4.01. The number of aryl methyl sites for hydroxylation is 1. The van der Waals surface area contributed by atoms with Crippen LogP contribution in [0.5, 0.6) is 0 Å². The van der Waals surface area contributed by atoms with Crippen LogP contribution in [0.4, 0.5) is 9.59 Å². The third kappa shape index (κ3) is 11.3. The van der Waals surface area contributed by atoms with Gasteiger partial charge in [0, 0.05) is 6.54 Å². The Morgan fingerprint density at radius 2 is 1.40 bits per heavy atom. The summed E-state index contributed by atoms with van der Waals surface area (Å²) in [6.07, 6.45) is 0.332. The van der Waals surface area contributed by atoms with Gasteiger partial charge in [-0.2, -0.15) is 0 Å². The molecule has 8 nitrogen and oxygen atoms in total. The molecule has 0 saturated carbocycles. The average Bonchev–Trinajstić information content (AvgIpc) is 2.57. The molecule has 0 fully saturated rings. The van der Waals surface area contributed by atoms with E-state index in [2.05, 4.69) is 10.6 Å². The molecule has 3 N–H and O–H groups in total. The Morgan fingerprint density at radius 1 is 0.900 bits per heavy atom. The summed E-state index contributed by atoms with van der Waals surface area (Å²) in [4.78, 5) is 34.9. The summed E-state index contributed by atoms with van der Waals surface area (Å²) in [7, 11) is 0. The fraction of sp³-hybridized carbons (Fsp3) is 0.591. The monoisotopic (exact) mass is 422 g/mol. The van der Waals surface area contributed by atoms with Crippen LogP contribution in [0, 0.1) is 0 Å². The van der Waals surface area contributed by atoms with Crippen molar-refractivity contribution in [3.8, 4) is 0 Å². The summed E-state index contributed by atoms with van der Waals surface area (Å²) in [5.41, 5.74) is 0.741. The number of amides is 2. The molecule has 0 spiro atoms. The van der Waals surface area contributed by atoms with Gasteiger partial charge in [-0.3, -0.25) is 0 Å². The molecule has 168 valence electrons. The van der Waals surface area contributed by atoms with E-state index in [1.165, 1.54) is 0 Å². The fourth-order valence-corrected chi connectivity index (χ4v) is 2.53. The van der Waals surface area contributed by atoms with Crippen LogP contribution in [0.2, 0.25) is 0 Å². The van der Waals surface area contributed by atoms with Crippen molar-refractivity contribution in [3.05, 3.63) is 35.4 Å². The maximum atomic E-state index is 11.8. The smallest absolute Gasteiger partial charge is 0.408 e. The van der Waals surface area contributed by atoms with Crippen LogP contribution in [0.25, 0.3) is 0 Å². The topological polar surface area (TPSA) is 114 Å². The molecule has 30 heavy (non-hydrogen) atoms. The molecular formula is C22H34N2O6. The van der Waals surface area contributed by atoms with Crippen molar-refractivity contribution in [2.75, 3.05) is 0 Å². The number of carboxylic acid groups (broad SMARTS) is 1. The second kappa shape index (κ2) is 10.8. The molecule has 1 aromatic carbocycles. The lowest BCUT2D eigenvalue weighted by Crippen LogP contribution is -2.43. The Labute approximate surface area is 178 Å². The van der Waals surface area contributed by atoms with Crippen molar-refractivity contribution in [2.24, 2.45) is 0 Å². The highest BCUT2D eigenvalue weighted by Crippen LogP contribution is 2.12. The summed E-state index contributed by atoms with van der Waals surface area (Å²) < 4.78 is 10.3. The first-order valence-electron chi connectivity index (χ1n) is 10.0. The van der Waals surface area contributed by atoms with E-state index in [0.29, 0.717) is 19.4 Å². The molecule has 8 heteroatoms. The van der Waals surface area contributed by atoms with E-state index >= 15 is 0 Å². The van der Waals surface area contributed by atoms with Crippen LogP contribution >= 0.6 is 0 Å². The van der Waals surface area contributed by atoms with E-state index in [0.717, 1.165) is 11.1 Å². The zero-order chi connectivity index (χ0) is 22.9. The molecule has 0 aliphatic heterocycles. The van der Waals surface area contributed by atoms with Gasteiger partial charge in [0.1, 0.15) is 17.2 Å². The molecule has 1 unspecified atom stereocenters. The second-order valence-electron chi connectivity index (χ2n) is 9.10. The normalized spacial score (nSPS) is 12.6. The molecule has 0 radical (unpaired) electrons. The summed E-state index contributed by atoms with van der Waals surface area (Å²) in [5.74, 6) is -1.09. The number of aliphatic carboxylic acids is 1. The van der Waals surface area contributed by atoms with Crippen molar-refractivity contribution in [1.29, 1.82) is 0 Å². The largest absolute Gasteiger partial charge is 0.480 e. The zero-order valence-corrected chi connectivity index (χ0v) is 18.7. The van der Waals surface area contributed by atoms with E-state index in [1.54, 1.807) is 41.5 Å². The lowest BCUT2D eigenvalue weighted by molar-refractivity contribution is -0.139. The van der Waals surface area contributed by atoms with Crippen LogP contribution in [-0.2, 0) is 27.2 Å². The maximum Gasteiger partial charge on any atom is 0.408 e. The quantitative estimate of drug-likeness (QED) is 0.583. The summed E-state index contributed by atoms with van der Waals surface area (Å²) in [5, 5.41) is 14.4. The van der Waals surface area contributed by atoms with Gasteiger partial charge in [0.2, 0.25) is 0 Å². The van der Waals surface area contributed by atoms with Crippen molar-refractivity contribution in [2.45, 2.75) is 84.6 Å². The highest BCUT2D eigenvalue weighted by Gasteiger charge is 2.23. The van der Waals surface area contributed by atoms with Gasteiger partial charge in [0.05, 0.1) is 0 Å². The molecule has 0 aliphatic rings. The third-order valence-electron chi connectivity index (χ3n) is 3.81. The summed E-state index contributed by atoms with van der Waals surface area (Å²) in [6.45, 7) is 10.9. The molecule has 2 amide bonds. The molecule has 0 bridgehead atoms. The average molecular weight is 423 g/mol. The van der Waals surface area contributed by atoms with Crippen LogP contribution in [0.3, 0.4) is 0 Å². The zero-order valence-electron chi connectivity index (χ0n) is 18.7. The maximum absolute atomic E-state index is 11.8. The molecule has 0 heterocycles. The van der Waals surface area contributed by atoms with Crippen molar-refractivity contribution in [3.63, 3.8) is 0 Å². The standard InChI is InChI=1S/C22H34N2O6/c1-21(2,3)29-19(27)23-14-16-12-10-15(11-13-16)8-7-9-17(18(25)26)24-20(28)30-22(4,5)6/h10-13,17H,7-9,14H2,1-6H3,(H,23,27)(H,24,28)(H,25,26). The number of benzene rings is 1. The van der Waals surface area contributed by atoms with E-state index in [4.69, 9.17) is 9.47 Å². The highest BCUT2D eigenvalue weighted by molar-refractivity contribution is 5.79. The second-order valence-corrected chi connectivity index (χ2v) is 9.10. The molecule has 1 rings (SSSR count). The number of ether oxygens (including phenoxy) is 2. The van der Waals surface area contributed by atoms with Gasteiger partial charge in [-0.1, -0.05) is 24.3 Å². The SMILES string of the molecule is CC(C)(C)OC(=O)NCc1ccc(CCCC(NC(=O)OC(C)(C)C)C(=O)O)cc1. The molecule has 0 saturated heterocycles. The molecule has 0 aliphatic carbocycles. The van der Waals surface area contributed by atoms with Gasteiger partial charge < -0.3 is 25.2 Å². The van der Waals surface area contributed by atoms with Gasteiger partial charge in [0.15, 0.2) is 0 Å². The van der Waals surface area contributed by atoms with Crippen LogP contribution in [0.15, 0.2) is 24.3 Å². The van der Waals surface area contributed by atoms with Crippen molar-refractivity contribution >= 4 is 18.2 Å². The minimum Gasteiger partial charge on any atom is -0.480 e. The first-order valence-corrected chi connectivity index (χ1v) is 10.0. The summed E-state index contributed by atoms with van der Waals surface area (Å²) >= 11 is 0.